The van der Waals surface area contributed by atoms with Gasteiger partial charge in [0, 0.05) is 24.7 Å². The second-order valence-corrected chi connectivity index (χ2v) is 8.67. The zero-order chi connectivity index (χ0) is 16.6. The van der Waals surface area contributed by atoms with Crippen LogP contribution in [0.5, 0.6) is 0 Å². The van der Waals surface area contributed by atoms with E-state index >= 15 is 0 Å². The Kier molecular flexibility index (Phi) is 4.67. The predicted octanol–water partition coefficient (Wildman–Crippen LogP) is 2.65. The van der Waals surface area contributed by atoms with Crippen LogP contribution in [0.3, 0.4) is 0 Å². The van der Waals surface area contributed by atoms with E-state index in [0.29, 0.717) is 24.6 Å². The first kappa shape index (κ1) is 16.7. The Labute approximate surface area is 142 Å². The molecule has 2 aliphatic rings. The van der Waals surface area contributed by atoms with Crippen LogP contribution >= 0.6 is 11.6 Å². The van der Waals surface area contributed by atoms with Gasteiger partial charge in [-0.1, -0.05) is 11.6 Å². The van der Waals surface area contributed by atoms with Crippen molar-refractivity contribution in [1.29, 1.82) is 0 Å². The second kappa shape index (κ2) is 6.42. The number of carbonyl (C=O) groups is 1. The van der Waals surface area contributed by atoms with Crippen LogP contribution in [0.15, 0.2) is 23.1 Å². The van der Waals surface area contributed by atoms with Gasteiger partial charge in [0.15, 0.2) is 0 Å². The lowest BCUT2D eigenvalue weighted by Crippen LogP contribution is -2.34. The highest BCUT2D eigenvalue weighted by Crippen LogP contribution is 2.32. The zero-order valence-electron chi connectivity index (χ0n) is 13.1. The summed E-state index contributed by atoms with van der Waals surface area (Å²) in [5.74, 6) is 0.290. The largest absolute Gasteiger partial charge is 0.349 e. The summed E-state index contributed by atoms with van der Waals surface area (Å²) in [4.78, 5) is 12.4. The summed E-state index contributed by atoms with van der Waals surface area (Å²) in [6.07, 6.45) is 3.99. The van der Waals surface area contributed by atoms with Crippen molar-refractivity contribution < 1.29 is 13.2 Å². The predicted molar refractivity (Wildman–Crippen MR) is 89.1 cm³/mol. The Morgan fingerprint density at radius 3 is 2.57 bits per heavy atom. The summed E-state index contributed by atoms with van der Waals surface area (Å²) < 4.78 is 26.8. The summed E-state index contributed by atoms with van der Waals surface area (Å²) in [7, 11) is -3.64. The third-order valence-electron chi connectivity index (χ3n) is 4.56. The molecular weight excluding hydrogens is 336 g/mol. The molecule has 0 aromatic heterocycles. The third kappa shape index (κ3) is 3.54. The molecule has 7 heteroatoms. The first-order chi connectivity index (χ1) is 10.9. The lowest BCUT2D eigenvalue weighted by atomic mass is 10.1. The highest BCUT2D eigenvalue weighted by molar-refractivity contribution is 7.89. The normalized spacial score (nSPS) is 20.4. The molecule has 5 nitrogen and oxygen atoms in total. The van der Waals surface area contributed by atoms with Crippen molar-refractivity contribution in [2.24, 2.45) is 5.92 Å². The first-order valence-corrected chi connectivity index (χ1v) is 9.82. The van der Waals surface area contributed by atoms with Crippen molar-refractivity contribution in [3.8, 4) is 0 Å². The maximum absolute atomic E-state index is 12.7. The van der Waals surface area contributed by atoms with Crippen LogP contribution in [0.25, 0.3) is 0 Å². The second-order valence-electron chi connectivity index (χ2n) is 6.36. The van der Waals surface area contributed by atoms with Gasteiger partial charge in [-0.05, 0) is 56.7 Å². The molecule has 1 heterocycles. The lowest BCUT2D eigenvalue weighted by Gasteiger charge is -2.18. The van der Waals surface area contributed by atoms with Gasteiger partial charge in [-0.25, -0.2) is 8.42 Å². The van der Waals surface area contributed by atoms with Gasteiger partial charge in [-0.15, -0.1) is 0 Å². The van der Waals surface area contributed by atoms with E-state index in [2.05, 4.69) is 5.32 Å². The van der Waals surface area contributed by atoms with E-state index in [1.165, 1.54) is 16.4 Å². The minimum Gasteiger partial charge on any atom is -0.349 e. The maximum Gasteiger partial charge on any atom is 0.251 e. The van der Waals surface area contributed by atoms with Crippen molar-refractivity contribution in [2.45, 2.75) is 43.5 Å². The topological polar surface area (TPSA) is 66.5 Å². The third-order valence-corrected chi connectivity index (χ3v) is 6.94. The van der Waals surface area contributed by atoms with Crippen LogP contribution in [-0.2, 0) is 10.0 Å². The first-order valence-electron chi connectivity index (χ1n) is 8.00. The molecule has 1 saturated heterocycles. The summed E-state index contributed by atoms with van der Waals surface area (Å²) in [5, 5.41) is 3.09. The molecule has 0 radical (unpaired) electrons. The van der Waals surface area contributed by atoms with Gasteiger partial charge in [0.25, 0.3) is 5.91 Å². The average Bonchev–Trinajstić information content (AvgIpc) is 3.21. The molecule has 1 aliphatic carbocycles. The van der Waals surface area contributed by atoms with E-state index in [4.69, 9.17) is 11.6 Å². The smallest absolute Gasteiger partial charge is 0.251 e. The number of sulfonamides is 1. The SMILES string of the molecule is C[C@@H](NC(=O)c1ccc(Cl)c(S(=O)(=O)N2CCCC2)c1)C1CC1. The Balaban J connectivity index is 1.85. The number of halogens is 1. The van der Waals surface area contributed by atoms with Gasteiger partial charge in [0.1, 0.15) is 4.90 Å². The van der Waals surface area contributed by atoms with Crippen LogP contribution in [0.2, 0.25) is 5.02 Å². The number of benzene rings is 1. The van der Waals surface area contributed by atoms with Crippen molar-refractivity contribution in [2.75, 3.05) is 13.1 Å². The van der Waals surface area contributed by atoms with Crippen molar-refractivity contribution in [3.63, 3.8) is 0 Å². The highest BCUT2D eigenvalue weighted by Gasteiger charge is 2.31. The molecule has 0 bridgehead atoms. The van der Waals surface area contributed by atoms with Crippen LogP contribution < -0.4 is 5.32 Å². The summed E-state index contributed by atoms with van der Waals surface area (Å²) >= 11 is 6.09. The van der Waals surface area contributed by atoms with Crippen molar-refractivity contribution in [1.82, 2.24) is 9.62 Å². The fraction of sp³-hybridized carbons (Fsp3) is 0.562. The summed E-state index contributed by atoms with van der Waals surface area (Å²) in [6.45, 7) is 3.00. The molecule has 1 saturated carbocycles. The van der Waals surface area contributed by atoms with Crippen LogP contribution in [-0.4, -0.2) is 37.8 Å². The standard InChI is InChI=1S/C16H21ClN2O3S/c1-11(12-4-5-12)18-16(20)13-6-7-14(17)15(10-13)23(21,22)19-8-2-3-9-19/h6-7,10-12H,2-5,8-9H2,1H3,(H,18,20)/t11-/m1/s1. The van der Waals surface area contributed by atoms with Crippen LogP contribution in [0, 0.1) is 5.92 Å². The molecule has 0 unspecified atom stereocenters. The van der Waals surface area contributed by atoms with E-state index in [-0.39, 0.29) is 21.9 Å². The molecule has 126 valence electrons. The molecule has 1 N–H and O–H groups in total. The zero-order valence-corrected chi connectivity index (χ0v) is 14.7. The molecule has 0 spiro atoms. The number of hydrogen-bond donors (Lipinski definition) is 1. The molecule has 1 amide bonds. The Morgan fingerprint density at radius 1 is 1.30 bits per heavy atom. The Morgan fingerprint density at radius 2 is 1.96 bits per heavy atom. The molecule has 1 atom stereocenters. The van der Waals surface area contributed by atoms with Crippen LogP contribution in [0.1, 0.15) is 43.0 Å². The van der Waals surface area contributed by atoms with Crippen LogP contribution in [0.4, 0.5) is 0 Å². The molecule has 3 rings (SSSR count). The number of amides is 1. The lowest BCUT2D eigenvalue weighted by molar-refractivity contribution is 0.0935. The van der Waals surface area contributed by atoms with E-state index in [0.717, 1.165) is 25.7 Å². The summed E-state index contributed by atoms with van der Waals surface area (Å²) in [6, 6.07) is 4.56. The van der Waals surface area contributed by atoms with Crippen molar-refractivity contribution >= 4 is 27.5 Å². The molecule has 2 fully saturated rings. The fourth-order valence-electron chi connectivity index (χ4n) is 2.91. The van der Waals surface area contributed by atoms with Gasteiger partial charge in [-0.2, -0.15) is 4.31 Å². The minimum absolute atomic E-state index is 0.0211. The fourth-order valence-corrected chi connectivity index (χ4v) is 4.93. The van der Waals surface area contributed by atoms with Gasteiger partial charge >= 0.3 is 0 Å². The Bertz CT molecular complexity index is 710. The number of nitrogens with one attached hydrogen (secondary N) is 1. The molecule has 23 heavy (non-hydrogen) atoms. The quantitative estimate of drug-likeness (QED) is 0.882. The van der Waals surface area contributed by atoms with Crippen molar-refractivity contribution in [3.05, 3.63) is 28.8 Å². The van der Waals surface area contributed by atoms with Gasteiger partial charge in [-0.3, -0.25) is 4.79 Å². The number of nitrogens with zero attached hydrogens (tertiary/aromatic N) is 1. The Hall–Kier alpha value is -1.11. The van der Waals surface area contributed by atoms with Gasteiger partial charge < -0.3 is 5.32 Å². The number of carbonyl (C=O) groups excluding carboxylic acids is 1. The van der Waals surface area contributed by atoms with Gasteiger partial charge in [0.05, 0.1) is 5.02 Å². The molecular formula is C16H21ClN2O3S. The van der Waals surface area contributed by atoms with E-state index in [9.17, 15) is 13.2 Å². The maximum atomic E-state index is 12.7. The highest BCUT2D eigenvalue weighted by atomic mass is 35.5. The van der Waals surface area contributed by atoms with E-state index in [1.807, 2.05) is 6.92 Å². The number of rotatable bonds is 5. The molecule has 1 aromatic carbocycles. The summed E-state index contributed by atoms with van der Waals surface area (Å²) in [5.41, 5.74) is 0.333. The van der Waals surface area contributed by atoms with E-state index in [1.54, 1.807) is 6.07 Å². The monoisotopic (exact) mass is 356 g/mol. The molecule has 1 aliphatic heterocycles. The minimum atomic E-state index is -3.64. The van der Waals surface area contributed by atoms with Gasteiger partial charge in [0.2, 0.25) is 10.0 Å². The average molecular weight is 357 g/mol. The molecule has 1 aromatic rings. The van der Waals surface area contributed by atoms with E-state index < -0.39 is 10.0 Å². The number of hydrogen-bond acceptors (Lipinski definition) is 3.